The van der Waals surface area contributed by atoms with Crippen molar-refractivity contribution in [3.05, 3.63) is 71.0 Å². The zero-order valence-corrected chi connectivity index (χ0v) is 16.8. The molecule has 0 radical (unpaired) electrons. The van der Waals surface area contributed by atoms with Crippen molar-refractivity contribution in [1.82, 2.24) is 0 Å². The number of thioether (sulfide) groups is 1. The number of rotatable bonds is 4. The molecule has 2 aromatic carbocycles. The third-order valence-electron chi connectivity index (χ3n) is 4.68. The molecule has 1 amide bonds. The van der Waals surface area contributed by atoms with E-state index in [2.05, 4.69) is 10.3 Å². The van der Waals surface area contributed by atoms with E-state index < -0.39 is 29.0 Å². The Morgan fingerprint density at radius 1 is 1.27 bits per heavy atom. The number of nitrogens with one attached hydrogen (secondary N) is 1. The lowest BCUT2D eigenvalue weighted by Gasteiger charge is -2.30. The third kappa shape index (κ3) is 5.21. The van der Waals surface area contributed by atoms with Crippen molar-refractivity contribution in [2.24, 2.45) is 10.7 Å². The van der Waals surface area contributed by atoms with E-state index in [4.69, 9.17) is 5.73 Å². The number of anilines is 1. The smallest absolute Gasteiger partial charge is 0.379 e. The highest BCUT2D eigenvalue weighted by atomic mass is 32.2. The quantitative estimate of drug-likeness (QED) is 0.513. The Balaban J connectivity index is 1.77. The lowest BCUT2D eigenvalue weighted by atomic mass is 9.89. The maximum absolute atomic E-state index is 14.2. The van der Waals surface area contributed by atoms with Gasteiger partial charge in [0.05, 0.1) is 16.8 Å². The monoisotopic (exact) mass is 437 g/mol. The number of benzene rings is 2. The van der Waals surface area contributed by atoms with Crippen molar-refractivity contribution in [2.45, 2.75) is 25.1 Å². The number of nitrogens with zero attached hydrogens (tertiary/aromatic N) is 1. The highest BCUT2D eigenvalue weighted by molar-refractivity contribution is 8.13. The topological polar surface area (TPSA) is 67.5 Å². The number of carbonyl (C=O) groups is 1. The zero-order chi connectivity index (χ0) is 21.9. The molecule has 9 heteroatoms. The summed E-state index contributed by atoms with van der Waals surface area (Å²) in [4.78, 5) is 16.7. The Bertz CT molecular complexity index is 1020. The summed E-state index contributed by atoms with van der Waals surface area (Å²) in [6.07, 6.45) is -1.49. The Hall–Kier alpha value is -2.81. The van der Waals surface area contributed by atoms with Gasteiger partial charge in [-0.3, -0.25) is 9.79 Å². The Morgan fingerprint density at radius 2 is 2.03 bits per heavy atom. The van der Waals surface area contributed by atoms with Gasteiger partial charge in [-0.15, -0.1) is 0 Å². The SMILES string of the molecule is CC1(c2ccc(F)c(NC(=O)/C=C/c3cccc(C(F)(F)F)c3)c2)CCSC(N)=N1. The lowest BCUT2D eigenvalue weighted by Crippen LogP contribution is -2.29. The fourth-order valence-electron chi connectivity index (χ4n) is 3.02. The van der Waals surface area contributed by atoms with Crippen LogP contribution in [-0.4, -0.2) is 16.8 Å². The van der Waals surface area contributed by atoms with E-state index in [1.807, 2.05) is 6.92 Å². The zero-order valence-electron chi connectivity index (χ0n) is 16.0. The second kappa shape index (κ2) is 8.51. The van der Waals surface area contributed by atoms with Crippen molar-refractivity contribution in [3.63, 3.8) is 0 Å². The predicted molar refractivity (Wildman–Crippen MR) is 112 cm³/mol. The predicted octanol–water partition coefficient (Wildman–Crippen LogP) is 5.16. The molecule has 4 nitrogen and oxygen atoms in total. The Morgan fingerprint density at radius 3 is 2.73 bits per heavy atom. The minimum atomic E-state index is -4.48. The van der Waals surface area contributed by atoms with E-state index in [1.165, 1.54) is 42.1 Å². The van der Waals surface area contributed by atoms with Crippen LogP contribution in [0.2, 0.25) is 0 Å². The van der Waals surface area contributed by atoms with Crippen LogP contribution in [0, 0.1) is 5.82 Å². The summed E-state index contributed by atoms with van der Waals surface area (Å²) in [5, 5.41) is 2.87. The van der Waals surface area contributed by atoms with Gasteiger partial charge in [-0.25, -0.2) is 4.39 Å². The highest BCUT2D eigenvalue weighted by Gasteiger charge is 2.31. The lowest BCUT2D eigenvalue weighted by molar-refractivity contribution is -0.137. The third-order valence-corrected chi connectivity index (χ3v) is 5.48. The molecule has 1 unspecified atom stereocenters. The van der Waals surface area contributed by atoms with Crippen molar-refractivity contribution in [2.75, 3.05) is 11.1 Å². The van der Waals surface area contributed by atoms with Gasteiger partial charge in [0.25, 0.3) is 0 Å². The highest BCUT2D eigenvalue weighted by Crippen LogP contribution is 2.36. The molecule has 1 atom stereocenters. The van der Waals surface area contributed by atoms with Gasteiger partial charge in [0.1, 0.15) is 5.82 Å². The van der Waals surface area contributed by atoms with E-state index in [1.54, 1.807) is 6.07 Å². The molecule has 0 aliphatic carbocycles. The molecule has 30 heavy (non-hydrogen) atoms. The van der Waals surface area contributed by atoms with Gasteiger partial charge >= 0.3 is 6.18 Å². The largest absolute Gasteiger partial charge is 0.416 e. The van der Waals surface area contributed by atoms with Gasteiger partial charge in [0.2, 0.25) is 5.91 Å². The first-order valence-corrected chi connectivity index (χ1v) is 10.00. The summed E-state index contributed by atoms with van der Waals surface area (Å²) in [6.45, 7) is 1.88. The molecule has 1 aliphatic rings. The standard InChI is InChI=1S/C21H19F4N3OS/c1-20(9-10-30-19(26)28-20)14-6-7-16(22)17(12-14)27-18(29)8-5-13-3-2-4-15(11-13)21(23,24)25/h2-8,11-12H,9-10H2,1H3,(H2,26,28)(H,27,29)/b8-5+. The van der Waals surface area contributed by atoms with Crippen LogP contribution >= 0.6 is 11.8 Å². The summed E-state index contributed by atoms with van der Waals surface area (Å²) >= 11 is 1.44. The molecule has 0 bridgehead atoms. The van der Waals surface area contributed by atoms with Crippen LogP contribution in [0.15, 0.2) is 53.5 Å². The summed E-state index contributed by atoms with van der Waals surface area (Å²) in [5.74, 6) is -0.536. The molecular weight excluding hydrogens is 418 g/mol. The molecule has 0 saturated carbocycles. The number of halogens is 4. The van der Waals surface area contributed by atoms with Crippen molar-refractivity contribution in [3.8, 4) is 0 Å². The van der Waals surface area contributed by atoms with Crippen molar-refractivity contribution >= 4 is 34.6 Å². The number of alkyl halides is 3. The molecule has 0 spiro atoms. The first kappa shape index (κ1) is 21.9. The molecule has 0 saturated heterocycles. The first-order chi connectivity index (χ1) is 14.1. The first-order valence-electron chi connectivity index (χ1n) is 9.01. The summed E-state index contributed by atoms with van der Waals surface area (Å²) in [7, 11) is 0. The second-order valence-electron chi connectivity index (χ2n) is 6.96. The minimum Gasteiger partial charge on any atom is -0.379 e. The molecule has 1 heterocycles. The number of nitrogens with two attached hydrogens (primary N) is 1. The average Bonchev–Trinajstić information content (AvgIpc) is 2.67. The number of amides is 1. The number of aliphatic imine (C=N–C) groups is 1. The van der Waals surface area contributed by atoms with Gasteiger partial charge in [-0.2, -0.15) is 13.2 Å². The Labute approximate surface area is 175 Å². The van der Waals surface area contributed by atoms with Gasteiger partial charge < -0.3 is 11.1 Å². The van der Waals surface area contributed by atoms with Gasteiger partial charge in [-0.05, 0) is 54.8 Å². The van der Waals surface area contributed by atoms with Crippen LogP contribution in [-0.2, 0) is 16.5 Å². The van der Waals surface area contributed by atoms with Crippen LogP contribution in [0.4, 0.5) is 23.2 Å². The molecule has 158 valence electrons. The maximum atomic E-state index is 14.2. The minimum absolute atomic E-state index is 0.0422. The number of carbonyl (C=O) groups excluding carboxylic acids is 1. The number of hydrogen-bond acceptors (Lipinski definition) is 4. The van der Waals surface area contributed by atoms with E-state index >= 15 is 0 Å². The maximum Gasteiger partial charge on any atom is 0.416 e. The fourth-order valence-corrected chi connectivity index (χ4v) is 3.99. The van der Waals surface area contributed by atoms with Crippen LogP contribution in [0.5, 0.6) is 0 Å². The molecular formula is C21H19F4N3OS. The van der Waals surface area contributed by atoms with Crippen molar-refractivity contribution < 1.29 is 22.4 Å². The summed E-state index contributed by atoms with van der Waals surface area (Å²) in [6, 6.07) is 8.88. The van der Waals surface area contributed by atoms with Crippen molar-refractivity contribution in [1.29, 1.82) is 0 Å². The van der Waals surface area contributed by atoms with E-state index in [0.717, 1.165) is 24.0 Å². The molecule has 0 fully saturated rings. The number of amidine groups is 1. The molecule has 3 rings (SSSR count). The molecule has 1 aliphatic heterocycles. The molecule has 3 N–H and O–H groups in total. The fraction of sp³-hybridized carbons (Fsp3) is 0.238. The average molecular weight is 437 g/mol. The second-order valence-corrected chi connectivity index (χ2v) is 8.08. The number of hydrogen-bond donors (Lipinski definition) is 2. The van der Waals surface area contributed by atoms with Crippen LogP contribution in [0.1, 0.15) is 30.0 Å². The van der Waals surface area contributed by atoms with Crippen LogP contribution in [0.3, 0.4) is 0 Å². The van der Waals surface area contributed by atoms with E-state index in [-0.39, 0.29) is 11.3 Å². The van der Waals surface area contributed by atoms with Crippen LogP contribution < -0.4 is 11.1 Å². The summed E-state index contributed by atoms with van der Waals surface area (Å²) < 4.78 is 52.6. The molecule has 2 aromatic rings. The Kier molecular flexibility index (Phi) is 6.21. The van der Waals surface area contributed by atoms with Gasteiger partial charge in [0, 0.05) is 11.8 Å². The van der Waals surface area contributed by atoms with Gasteiger partial charge in [-0.1, -0.05) is 30.0 Å². The van der Waals surface area contributed by atoms with Crippen LogP contribution in [0.25, 0.3) is 6.08 Å². The van der Waals surface area contributed by atoms with E-state index in [0.29, 0.717) is 17.2 Å². The van der Waals surface area contributed by atoms with Gasteiger partial charge in [0.15, 0.2) is 5.17 Å². The normalized spacial score (nSPS) is 19.6. The van der Waals surface area contributed by atoms with E-state index in [9.17, 15) is 22.4 Å². The molecule has 0 aromatic heterocycles. The summed E-state index contributed by atoms with van der Waals surface area (Å²) in [5.41, 5.74) is 5.23.